The van der Waals surface area contributed by atoms with E-state index < -0.39 is 0 Å². The summed E-state index contributed by atoms with van der Waals surface area (Å²) in [6, 6.07) is 10.4. The molecule has 96 valence electrons. The zero-order valence-corrected chi connectivity index (χ0v) is 11.8. The molecular formula is C15H15N3S. The summed E-state index contributed by atoms with van der Waals surface area (Å²) in [5, 5.41) is 4.59. The Bertz CT molecular complexity index is 718. The van der Waals surface area contributed by atoms with Crippen molar-refractivity contribution in [2.45, 2.75) is 20.4 Å². The molecule has 0 amide bonds. The molecule has 0 saturated heterocycles. The van der Waals surface area contributed by atoms with Crippen molar-refractivity contribution in [3.05, 3.63) is 52.0 Å². The van der Waals surface area contributed by atoms with Crippen LogP contribution in [-0.4, -0.2) is 9.97 Å². The molecule has 0 aliphatic carbocycles. The highest BCUT2D eigenvalue weighted by atomic mass is 32.1. The largest absolute Gasteiger partial charge is 0.365 e. The third-order valence-corrected chi connectivity index (χ3v) is 4.11. The average molecular weight is 269 g/mol. The molecule has 19 heavy (non-hydrogen) atoms. The predicted molar refractivity (Wildman–Crippen MR) is 80.7 cm³/mol. The van der Waals surface area contributed by atoms with E-state index in [9.17, 15) is 0 Å². The lowest BCUT2D eigenvalue weighted by Gasteiger charge is -2.09. The van der Waals surface area contributed by atoms with Crippen LogP contribution in [0, 0.1) is 13.8 Å². The quantitative estimate of drug-likeness (QED) is 0.783. The standard InChI is InChI=1S/C15H15N3S/c1-10-7-12-5-3-4-6-13(12)18-15(10)16-8-14-11(2)17-9-19-14/h3-7,9H,8H2,1-2H3,(H,16,18). The molecule has 0 fully saturated rings. The Morgan fingerprint density at radius 2 is 2.05 bits per heavy atom. The Labute approximate surface area is 116 Å². The van der Waals surface area contributed by atoms with Gasteiger partial charge in [0.15, 0.2) is 0 Å². The van der Waals surface area contributed by atoms with Gasteiger partial charge in [-0.3, -0.25) is 0 Å². The molecule has 0 aliphatic heterocycles. The van der Waals surface area contributed by atoms with Gasteiger partial charge in [-0.05, 0) is 31.5 Å². The second kappa shape index (κ2) is 4.97. The van der Waals surface area contributed by atoms with Gasteiger partial charge in [0.1, 0.15) is 5.82 Å². The van der Waals surface area contributed by atoms with Crippen LogP contribution < -0.4 is 5.32 Å². The third kappa shape index (κ3) is 2.44. The molecule has 0 radical (unpaired) electrons. The number of hydrogen-bond acceptors (Lipinski definition) is 4. The van der Waals surface area contributed by atoms with Gasteiger partial charge in [0.05, 0.1) is 23.3 Å². The molecule has 4 heteroatoms. The van der Waals surface area contributed by atoms with Crippen LogP contribution in [0.3, 0.4) is 0 Å². The summed E-state index contributed by atoms with van der Waals surface area (Å²) in [7, 11) is 0. The van der Waals surface area contributed by atoms with Gasteiger partial charge in [0.25, 0.3) is 0 Å². The SMILES string of the molecule is Cc1cc2ccccc2nc1NCc1scnc1C. The van der Waals surface area contributed by atoms with Crippen LogP contribution in [0.2, 0.25) is 0 Å². The number of hydrogen-bond donors (Lipinski definition) is 1. The molecule has 1 aromatic carbocycles. The second-order valence-corrected chi connectivity index (χ2v) is 5.50. The Morgan fingerprint density at radius 3 is 2.84 bits per heavy atom. The lowest BCUT2D eigenvalue weighted by molar-refractivity contribution is 1.09. The summed E-state index contributed by atoms with van der Waals surface area (Å²) in [6.07, 6.45) is 0. The number of rotatable bonds is 3. The first kappa shape index (κ1) is 12.1. The number of nitrogens with one attached hydrogen (secondary N) is 1. The maximum atomic E-state index is 4.68. The molecule has 0 saturated carbocycles. The van der Waals surface area contributed by atoms with E-state index in [1.165, 1.54) is 15.8 Å². The van der Waals surface area contributed by atoms with Gasteiger partial charge in [-0.1, -0.05) is 18.2 Å². The number of aryl methyl sites for hydroxylation is 2. The zero-order valence-electron chi connectivity index (χ0n) is 11.0. The summed E-state index contributed by atoms with van der Waals surface area (Å²) < 4.78 is 0. The number of thiazole rings is 1. The van der Waals surface area contributed by atoms with Crippen LogP contribution in [0.5, 0.6) is 0 Å². The normalized spacial score (nSPS) is 10.8. The van der Waals surface area contributed by atoms with E-state index in [0.29, 0.717) is 0 Å². The van der Waals surface area contributed by atoms with Gasteiger partial charge < -0.3 is 5.32 Å². The van der Waals surface area contributed by atoms with Crippen molar-refractivity contribution in [3.63, 3.8) is 0 Å². The molecule has 0 unspecified atom stereocenters. The van der Waals surface area contributed by atoms with Crippen molar-refractivity contribution >= 4 is 28.1 Å². The molecule has 3 nitrogen and oxygen atoms in total. The minimum absolute atomic E-state index is 0.780. The maximum absolute atomic E-state index is 4.68. The fourth-order valence-corrected chi connectivity index (χ4v) is 2.78. The van der Waals surface area contributed by atoms with Crippen molar-refractivity contribution in [2.75, 3.05) is 5.32 Å². The summed E-state index contributed by atoms with van der Waals surface area (Å²) in [6.45, 7) is 4.90. The summed E-state index contributed by atoms with van der Waals surface area (Å²) in [4.78, 5) is 10.2. The van der Waals surface area contributed by atoms with Gasteiger partial charge in [-0.25, -0.2) is 9.97 Å². The highest BCUT2D eigenvalue weighted by molar-refractivity contribution is 7.09. The number of para-hydroxylation sites is 1. The van der Waals surface area contributed by atoms with Gasteiger partial charge in [0.2, 0.25) is 0 Å². The number of benzene rings is 1. The van der Waals surface area contributed by atoms with E-state index in [1.807, 2.05) is 30.6 Å². The van der Waals surface area contributed by atoms with Crippen LogP contribution in [0.15, 0.2) is 35.8 Å². The average Bonchev–Trinajstić information content (AvgIpc) is 2.82. The predicted octanol–water partition coefficient (Wildman–Crippen LogP) is 3.92. The molecule has 0 spiro atoms. The molecule has 2 aromatic heterocycles. The van der Waals surface area contributed by atoms with Gasteiger partial charge in [-0.2, -0.15) is 0 Å². The fraction of sp³-hybridized carbons (Fsp3) is 0.200. The molecule has 0 bridgehead atoms. The number of fused-ring (bicyclic) bond motifs is 1. The molecule has 1 N–H and O–H groups in total. The number of pyridine rings is 1. The molecular weight excluding hydrogens is 254 g/mol. The van der Waals surface area contributed by atoms with Crippen molar-refractivity contribution in [3.8, 4) is 0 Å². The monoisotopic (exact) mass is 269 g/mol. The smallest absolute Gasteiger partial charge is 0.129 e. The molecule has 0 atom stereocenters. The first-order valence-corrected chi connectivity index (χ1v) is 7.11. The van der Waals surface area contributed by atoms with E-state index in [-0.39, 0.29) is 0 Å². The minimum atomic E-state index is 0.780. The Hall–Kier alpha value is -1.94. The number of nitrogens with zero attached hydrogens (tertiary/aromatic N) is 2. The Kier molecular flexibility index (Phi) is 3.17. The summed E-state index contributed by atoms with van der Waals surface area (Å²) in [5.41, 5.74) is 5.17. The number of aromatic nitrogens is 2. The molecule has 3 aromatic rings. The van der Waals surface area contributed by atoms with Gasteiger partial charge in [0, 0.05) is 10.3 Å². The highest BCUT2D eigenvalue weighted by Gasteiger charge is 2.05. The van der Waals surface area contributed by atoms with Crippen LogP contribution in [0.4, 0.5) is 5.82 Å². The van der Waals surface area contributed by atoms with Gasteiger partial charge >= 0.3 is 0 Å². The van der Waals surface area contributed by atoms with Gasteiger partial charge in [-0.15, -0.1) is 11.3 Å². The Balaban J connectivity index is 1.88. The molecule has 2 heterocycles. The Morgan fingerprint density at radius 1 is 1.21 bits per heavy atom. The van der Waals surface area contributed by atoms with E-state index in [2.05, 4.69) is 34.3 Å². The van der Waals surface area contributed by atoms with Crippen molar-refractivity contribution < 1.29 is 0 Å². The maximum Gasteiger partial charge on any atom is 0.129 e. The molecule has 0 aliphatic rings. The van der Waals surface area contributed by atoms with Crippen molar-refractivity contribution in [2.24, 2.45) is 0 Å². The summed E-state index contributed by atoms with van der Waals surface area (Å²) in [5.74, 6) is 0.950. The van der Waals surface area contributed by atoms with Crippen LogP contribution in [-0.2, 0) is 6.54 Å². The van der Waals surface area contributed by atoms with Crippen LogP contribution in [0.25, 0.3) is 10.9 Å². The number of anilines is 1. The van der Waals surface area contributed by atoms with E-state index in [0.717, 1.165) is 23.6 Å². The fourth-order valence-electron chi connectivity index (χ4n) is 2.06. The topological polar surface area (TPSA) is 37.8 Å². The van der Waals surface area contributed by atoms with Crippen molar-refractivity contribution in [1.82, 2.24) is 9.97 Å². The highest BCUT2D eigenvalue weighted by Crippen LogP contribution is 2.21. The van der Waals surface area contributed by atoms with E-state index in [4.69, 9.17) is 0 Å². The summed E-state index contributed by atoms with van der Waals surface area (Å²) >= 11 is 1.68. The second-order valence-electron chi connectivity index (χ2n) is 4.56. The van der Waals surface area contributed by atoms with Crippen molar-refractivity contribution in [1.29, 1.82) is 0 Å². The first-order valence-electron chi connectivity index (χ1n) is 6.23. The van der Waals surface area contributed by atoms with E-state index in [1.54, 1.807) is 11.3 Å². The third-order valence-electron chi connectivity index (χ3n) is 3.18. The lowest BCUT2D eigenvalue weighted by atomic mass is 10.1. The van der Waals surface area contributed by atoms with E-state index >= 15 is 0 Å². The first-order chi connectivity index (χ1) is 9.24. The zero-order chi connectivity index (χ0) is 13.2. The lowest BCUT2D eigenvalue weighted by Crippen LogP contribution is -2.03. The molecule has 3 rings (SSSR count). The van der Waals surface area contributed by atoms with Crippen LogP contribution >= 0.6 is 11.3 Å². The van der Waals surface area contributed by atoms with Crippen LogP contribution in [0.1, 0.15) is 16.1 Å². The minimum Gasteiger partial charge on any atom is -0.365 e.